The predicted octanol–water partition coefficient (Wildman–Crippen LogP) is 3.74. The molecule has 0 bridgehead atoms. The van der Waals surface area contributed by atoms with Crippen LogP contribution < -0.4 is 9.22 Å². The van der Waals surface area contributed by atoms with E-state index in [2.05, 4.69) is 38.2 Å². The molecule has 0 aliphatic carbocycles. The fraction of sp³-hybridized carbons (Fsp3) is 0.500. The number of fused-ring (bicyclic) bond motifs is 1. The third-order valence-corrected chi connectivity index (χ3v) is 4.92. The van der Waals surface area contributed by atoms with Crippen molar-refractivity contribution in [3.63, 3.8) is 0 Å². The van der Waals surface area contributed by atoms with Gasteiger partial charge in [0.1, 0.15) is 0 Å². The molecule has 1 saturated heterocycles. The van der Waals surface area contributed by atoms with Crippen molar-refractivity contribution in [2.75, 3.05) is 20.2 Å². The zero-order chi connectivity index (χ0) is 15.8. The predicted molar refractivity (Wildman–Crippen MR) is 90.9 cm³/mol. The van der Waals surface area contributed by atoms with Crippen LogP contribution in [0.3, 0.4) is 0 Å². The number of pyridine rings is 2. The van der Waals surface area contributed by atoms with Crippen LogP contribution in [-0.2, 0) is 0 Å². The summed E-state index contributed by atoms with van der Waals surface area (Å²) in [7, 11) is 1.66. The van der Waals surface area contributed by atoms with E-state index in [-0.39, 0.29) is 5.54 Å². The van der Waals surface area contributed by atoms with E-state index in [1.165, 1.54) is 5.69 Å². The second-order valence-electron chi connectivity index (χ2n) is 7.00. The summed E-state index contributed by atoms with van der Waals surface area (Å²) in [5, 5.41) is 0. The van der Waals surface area contributed by atoms with Gasteiger partial charge in [-0.2, -0.15) is 0 Å². The summed E-state index contributed by atoms with van der Waals surface area (Å²) in [6.07, 6.45) is 6.60. The van der Waals surface area contributed by atoms with Crippen LogP contribution in [0.4, 0.5) is 5.69 Å². The lowest BCUT2D eigenvalue weighted by Crippen LogP contribution is -2.64. The topological polar surface area (TPSA) is 35.0 Å². The number of nitrogens with zero attached hydrogens (tertiary/aromatic N) is 3. The van der Waals surface area contributed by atoms with Crippen molar-refractivity contribution in [3.8, 4) is 5.88 Å². The van der Waals surface area contributed by atoms with Gasteiger partial charge < -0.3 is 4.74 Å². The summed E-state index contributed by atoms with van der Waals surface area (Å²) in [5.74, 6) is 0.650. The maximum atomic E-state index is 5.33. The molecule has 0 unspecified atom stereocenters. The third kappa shape index (κ3) is 2.35. The molecule has 0 spiro atoms. The summed E-state index contributed by atoms with van der Waals surface area (Å²) in [6, 6.07) is 6.02. The number of piperidine rings is 1. The Morgan fingerprint density at radius 1 is 1.09 bits per heavy atom. The quantitative estimate of drug-likeness (QED) is 0.792. The number of hydrogen-bond donors (Lipinski definition) is 0. The molecule has 1 radical (unpaired) electrons. The van der Waals surface area contributed by atoms with Crippen LogP contribution in [0, 0.1) is 6.42 Å². The van der Waals surface area contributed by atoms with Gasteiger partial charge in [0.15, 0.2) is 11.2 Å². The Bertz CT molecular complexity index is 670. The average molecular weight is 299 g/mol. The Morgan fingerprint density at radius 3 is 2.45 bits per heavy atom. The largest absolute Gasteiger partial charge is 0.481 e. The van der Waals surface area contributed by atoms with Crippen LogP contribution in [0.2, 0.25) is 0 Å². The number of methoxy groups -OCH3 is 1. The Labute approximate surface area is 132 Å². The SMILES string of the molecule is COc1ccc2nccc([N+]3(C(C)(C)C)CC[CH]CC3)c2n1. The number of ether oxygens (including phenoxy) is 1. The van der Waals surface area contributed by atoms with Gasteiger partial charge in [0.25, 0.3) is 0 Å². The van der Waals surface area contributed by atoms with E-state index >= 15 is 0 Å². The molecule has 0 saturated carbocycles. The molecule has 0 aromatic carbocycles. The number of rotatable bonds is 2. The molecule has 0 N–H and O–H groups in total. The Hall–Kier alpha value is -1.68. The van der Waals surface area contributed by atoms with E-state index in [0.717, 1.165) is 41.4 Å². The Morgan fingerprint density at radius 2 is 1.82 bits per heavy atom. The lowest BCUT2D eigenvalue weighted by Gasteiger charge is -2.50. The first-order valence-electron chi connectivity index (χ1n) is 7.97. The maximum Gasteiger partial charge on any atom is 0.213 e. The summed E-state index contributed by atoms with van der Waals surface area (Å²) < 4.78 is 6.28. The number of aromatic nitrogens is 2. The van der Waals surface area contributed by atoms with E-state index < -0.39 is 0 Å². The minimum absolute atomic E-state index is 0.118. The lowest BCUT2D eigenvalue weighted by molar-refractivity contribution is 0.129. The number of quaternary nitrogens is 1. The van der Waals surface area contributed by atoms with E-state index in [1.807, 2.05) is 18.3 Å². The van der Waals surface area contributed by atoms with Gasteiger partial charge in [0.2, 0.25) is 5.88 Å². The molecule has 1 fully saturated rings. The summed E-state index contributed by atoms with van der Waals surface area (Å²) >= 11 is 0. The van der Waals surface area contributed by atoms with Crippen molar-refractivity contribution in [1.82, 2.24) is 14.5 Å². The fourth-order valence-electron chi connectivity index (χ4n) is 3.61. The van der Waals surface area contributed by atoms with Gasteiger partial charge in [-0.05, 0) is 33.3 Å². The highest BCUT2D eigenvalue weighted by Gasteiger charge is 2.44. The smallest absolute Gasteiger partial charge is 0.213 e. The summed E-state index contributed by atoms with van der Waals surface area (Å²) in [5.41, 5.74) is 3.30. The monoisotopic (exact) mass is 299 g/mol. The van der Waals surface area contributed by atoms with Crippen LogP contribution in [0.25, 0.3) is 11.0 Å². The molecule has 2 aromatic rings. The number of hydrogen-bond acceptors (Lipinski definition) is 3. The first-order chi connectivity index (χ1) is 10.5. The molecule has 22 heavy (non-hydrogen) atoms. The van der Waals surface area contributed by atoms with Gasteiger partial charge in [-0.25, -0.2) is 4.98 Å². The van der Waals surface area contributed by atoms with Crippen molar-refractivity contribution < 1.29 is 4.74 Å². The summed E-state index contributed by atoms with van der Waals surface area (Å²) in [6.45, 7) is 9.20. The van der Waals surface area contributed by atoms with Crippen LogP contribution in [0.1, 0.15) is 33.6 Å². The molecule has 1 aliphatic heterocycles. The molecular formula is C18H25N3O+. The van der Waals surface area contributed by atoms with E-state index in [1.54, 1.807) is 7.11 Å². The van der Waals surface area contributed by atoms with Gasteiger partial charge in [-0.15, -0.1) is 0 Å². The average Bonchev–Trinajstić information content (AvgIpc) is 2.53. The van der Waals surface area contributed by atoms with Crippen molar-refractivity contribution in [2.24, 2.45) is 0 Å². The zero-order valence-corrected chi connectivity index (χ0v) is 14.0. The van der Waals surface area contributed by atoms with Crippen LogP contribution in [0.5, 0.6) is 5.88 Å². The standard InChI is InChI=1S/C18H25N3O/c1-18(2,3)21(12-6-5-7-13-21)15-10-11-19-14-8-9-16(22-4)20-17(14)15/h5,8-11H,6-7,12-13H2,1-4H3/q+1. The molecule has 2 aromatic heterocycles. The summed E-state index contributed by atoms with van der Waals surface area (Å²) in [4.78, 5) is 9.21. The number of likely N-dealkylation sites (tertiary alicyclic amines) is 1. The van der Waals surface area contributed by atoms with Gasteiger partial charge in [0.05, 0.1) is 31.3 Å². The van der Waals surface area contributed by atoms with Gasteiger partial charge >= 0.3 is 0 Å². The van der Waals surface area contributed by atoms with E-state index in [0.29, 0.717) is 5.88 Å². The fourth-order valence-corrected chi connectivity index (χ4v) is 3.61. The molecule has 117 valence electrons. The molecule has 4 nitrogen and oxygen atoms in total. The zero-order valence-electron chi connectivity index (χ0n) is 14.0. The lowest BCUT2D eigenvalue weighted by atomic mass is 9.93. The third-order valence-electron chi connectivity index (χ3n) is 4.92. The molecule has 4 heteroatoms. The second kappa shape index (κ2) is 5.51. The highest BCUT2D eigenvalue weighted by atomic mass is 16.5. The molecule has 1 aliphatic rings. The van der Waals surface area contributed by atoms with Crippen LogP contribution in [-0.4, -0.2) is 35.7 Å². The van der Waals surface area contributed by atoms with Crippen molar-refractivity contribution in [2.45, 2.75) is 39.2 Å². The highest BCUT2D eigenvalue weighted by Crippen LogP contribution is 2.40. The minimum atomic E-state index is 0.118. The molecule has 3 heterocycles. The first-order valence-corrected chi connectivity index (χ1v) is 7.97. The maximum absolute atomic E-state index is 5.33. The normalized spacial score (nSPS) is 18.4. The highest BCUT2D eigenvalue weighted by molar-refractivity contribution is 5.87. The van der Waals surface area contributed by atoms with Crippen LogP contribution in [0.15, 0.2) is 24.4 Å². The van der Waals surface area contributed by atoms with Crippen molar-refractivity contribution in [1.29, 1.82) is 0 Å². The van der Waals surface area contributed by atoms with Crippen molar-refractivity contribution in [3.05, 3.63) is 30.8 Å². The Kier molecular flexibility index (Phi) is 3.81. The molecule has 0 atom stereocenters. The molecular weight excluding hydrogens is 274 g/mol. The van der Waals surface area contributed by atoms with Crippen LogP contribution >= 0.6 is 0 Å². The van der Waals surface area contributed by atoms with Gasteiger partial charge in [-0.3, -0.25) is 9.47 Å². The van der Waals surface area contributed by atoms with Gasteiger partial charge in [0, 0.05) is 31.2 Å². The van der Waals surface area contributed by atoms with E-state index in [4.69, 9.17) is 9.72 Å². The molecule has 3 rings (SSSR count). The molecule has 0 amide bonds. The van der Waals surface area contributed by atoms with Gasteiger partial charge in [-0.1, -0.05) is 0 Å². The first kappa shape index (κ1) is 15.2. The van der Waals surface area contributed by atoms with E-state index in [9.17, 15) is 0 Å². The van der Waals surface area contributed by atoms with Crippen molar-refractivity contribution >= 4 is 16.7 Å². The Balaban J connectivity index is 2.25. The minimum Gasteiger partial charge on any atom is -0.481 e. The second-order valence-corrected chi connectivity index (χ2v) is 7.00.